The molecule has 14 heavy (non-hydrogen) atoms. The van der Waals surface area contributed by atoms with Crippen LogP contribution in [0.15, 0.2) is 0 Å². The molecule has 0 aromatic heterocycles. The number of rotatable bonds is 4. The zero-order valence-electron chi connectivity index (χ0n) is 8.08. The molecule has 2 unspecified atom stereocenters. The molecule has 5 nitrogen and oxygen atoms in total. The Morgan fingerprint density at radius 3 is 2.64 bits per heavy atom. The Morgan fingerprint density at radius 2 is 2.21 bits per heavy atom. The molecule has 0 N–H and O–H groups in total. The van der Waals surface area contributed by atoms with Crippen LogP contribution in [0.2, 0.25) is 0 Å². The summed E-state index contributed by atoms with van der Waals surface area (Å²) in [6.45, 7) is 1.86. The third kappa shape index (κ3) is 2.52. The molecule has 1 saturated heterocycles. The lowest BCUT2D eigenvalue weighted by Gasteiger charge is -2.16. The molecule has 5 atom stereocenters. The molecule has 0 saturated carbocycles. The van der Waals surface area contributed by atoms with Gasteiger partial charge in [-0.25, -0.2) is 0 Å². The van der Waals surface area contributed by atoms with Crippen LogP contribution in [0.25, 0.3) is 0 Å². The van der Waals surface area contributed by atoms with Crippen LogP contribution in [0.5, 0.6) is 0 Å². The Bertz CT molecular complexity index is 214. The highest BCUT2D eigenvalue weighted by atomic mass is 31.1. The summed E-state index contributed by atoms with van der Waals surface area (Å²) in [5.74, 6) is 0. The van der Waals surface area contributed by atoms with Gasteiger partial charge >= 0.3 is 8.25 Å². The largest absolute Gasteiger partial charge is 0.566 e. The van der Waals surface area contributed by atoms with E-state index in [0.29, 0.717) is 6.42 Å². The van der Waals surface area contributed by atoms with Gasteiger partial charge in [0.05, 0.1) is 6.10 Å². The van der Waals surface area contributed by atoms with E-state index in [-0.39, 0.29) is 6.10 Å². The molecule has 0 aliphatic carbocycles. The van der Waals surface area contributed by atoms with E-state index in [2.05, 4.69) is 0 Å². The van der Waals surface area contributed by atoms with Gasteiger partial charge in [-0.1, -0.05) is 6.92 Å². The van der Waals surface area contributed by atoms with Gasteiger partial charge in [-0.2, -0.15) is 0 Å². The van der Waals surface area contributed by atoms with Crippen molar-refractivity contribution >= 4 is 16.1 Å². The molecule has 1 fully saturated rings. The molecule has 1 aliphatic heterocycles. The predicted octanol–water partition coefficient (Wildman–Crippen LogP) is -0.292. The molecule has 78 valence electrons. The Hall–Kier alpha value is 0.00494. The smallest absolute Gasteiger partial charge is 0.488 e. The summed E-state index contributed by atoms with van der Waals surface area (Å²) in [7, 11) is 4.13. The summed E-state index contributed by atoms with van der Waals surface area (Å²) >= 11 is 0. The molecule has 0 aromatic carbocycles. The van der Waals surface area contributed by atoms with Gasteiger partial charge in [0.2, 0.25) is 0 Å². The average molecular weight is 218 g/mol. The van der Waals surface area contributed by atoms with Crippen LogP contribution in [0, 0.1) is 0 Å². The van der Waals surface area contributed by atoms with Crippen LogP contribution in [-0.4, -0.2) is 39.3 Å². The standard InChI is InChI=1S/C7H12BO5P/c1-3-4-5(13-14(9)10)6(11-2)7(8)12-4/h4-7H,3H2,1-2H3/t4-,5+,6?,7-/m1/s1. The lowest BCUT2D eigenvalue weighted by molar-refractivity contribution is -0.193. The van der Waals surface area contributed by atoms with E-state index >= 15 is 0 Å². The quantitative estimate of drug-likeness (QED) is 0.478. The Kier molecular flexibility index (Phi) is 4.48. The minimum atomic E-state index is -2.91. The second-order valence-electron chi connectivity index (χ2n) is 3.04. The van der Waals surface area contributed by atoms with Crippen LogP contribution >= 0.6 is 8.25 Å². The maximum atomic E-state index is 10.4. The summed E-state index contributed by atoms with van der Waals surface area (Å²) < 4.78 is 25.5. The molecule has 2 radical (unpaired) electrons. The topological polar surface area (TPSA) is 67.8 Å². The van der Waals surface area contributed by atoms with Crippen molar-refractivity contribution in [3.8, 4) is 0 Å². The van der Waals surface area contributed by atoms with Gasteiger partial charge < -0.3 is 14.4 Å². The van der Waals surface area contributed by atoms with Gasteiger partial charge in [0.1, 0.15) is 14.0 Å². The van der Waals surface area contributed by atoms with Gasteiger partial charge in [-0.15, -0.1) is 4.52 Å². The first-order valence-corrected chi connectivity index (χ1v) is 5.44. The fourth-order valence-corrected chi connectivity index (χ4v) is 2.03. The maximum Gasteiger partial charge on any atom is 0.488 e. The minimum absolute atomic E-state index is 0.331. The highest BCUT2D eigenvalue weighted by molar-refractivity contribution is 7.30. The molecule has 0 aromatic rings. The molecule has 0 spiro atoms. The van der Waals surface area contributed by atoms with E-state index in [0.717, 1.165) is 0 Å². The van der Waals surface area contributed by atoms with E-state index in [1.54, 1.807) is 0 Å². The molecule has 1 rings (SSSR count). The van der Waals surface area contributed by atoms with Crippen molar-refractivity contribution in [3.05, 3.63) is 0 Å². The monoisotopic (exact) mass is 218 g/mol. The first kappa shape index (κ1) is 12.1. The van der Waals surface area contributed by atoms with Crippen molar-refractivity contribution in [2.24, 2.45) is 0 Å². The summed E-state index contributed by atoms with van der Waals surface area (Å²) in [5, 5.41) is 0. The zero-order valence-corrected chi connectivity index (χ0v) is 8.98. The van der Waals surface area contributed by atoms with E-state index in [4.69, 9.17) is 21.8 Å². The number of hydrogen-bond donors (Lipinski definition) is 0. The van der Waals surface area contributed by atoms with Crippen molar-refractivity contribution in [1.82, 2.24) is 0 Å². The lowest BCUT2D eigenvalue weighted by atomic mass is 9.92. The predicted molar refractivity (Wildman–Crippen MR) is 48.0 cm³/mol. The van der Waals surface area contributed by atoms with Gasteiger partial charge in [0, 0.05) is 13.1 Å². The van der Waals surface area contributed by atoms with Crippen LogP contribution in [0.3, 0.4) is 0 Å². The summed E-state index contributed by atoms with van der Waals surface area (Å²) in [4.78, 5) is 10.4. The summed E-state index contributed by atoms with van der Waals surface area (Å²) in [5.41, 5.74) is 0. The average Bonchev–Trinajstić information content (AvgIpc) is 2.41. The number of ether oxygens (including phenoxy) is 2. The van der Waals surface area contributed by atoms with Crippen molar-refractivity contribution in [1.29, 1.82) is 0 Å². The number of hydrogen-bond acceptors (Lipinski definition) is 5. The Morgan fingerprint density at radius 1 is 1.57 bits per heavy atom. The number of methoxy groups -OCH3 is 1. The fraction of sp³-hybridized carbons (Fsp3) is 1.00. The van der Waals surface area contributed by atoms with Crippen molar-refractivity contribution in [2.75, 3.05) is 7.11 Å². The highest BCUT2D eigenvalue weighted by Gasteiger charge is 2.45. The second kappa shape index (κ2) is 5.19. The maximum absolute atomic E-state index is 10.4. The van der Waals surface area contributed by atoms with E-state index in [1.165, 1.54) is 7.11 Å². The SMILES string of the molecule is [B][C@@H]1O[C@H](CC)[C@H](O[P+](=O)[O-])C1OC. The Labute approximate surface area is 85.1 Å². The summed E-state index contributed by atoms with van der Waals surface area (Å²) in [6.07, 6.45) is -0.877. The van der Waals surface area contributed by atoms with Crippen molar-refractivity contribution in [3.63, 3.8) is 0 Å². The lowest BCUT2D eigenvalue weighted by Crippen LogP contribution is -2.36. The molecule has 0 amide bonds. The second-order valence-corrected chi connectivity index (χ2v) is 3.70. The third-order valence-corrected chi connectivity index (χ3v) is 2.64. The molecular weight excluding hydrogens is 206 g/mol. The fourth-order valence-electron chi connectivity index (χ4n) is 1.58. The van der Waals surface area contributed by atoms with Gasteiger partial charge in [0.15, 0.2) is 6.10 Å². The van der Waals surface area contributed by atoms with Crippen molar-refractivity contribution in [2.45, 2.75) is 37.7 Å². The van der Waals surface area contributed by atoms with Crippen LogP contribution < -0.4 is 4.89 Å². The van der Waals surface area contributed by atoms with Crippen molar-refractivity contribution < 1.29 is 23.5 Å². The van der Waals surface area contributed by atoms with E-state index in [1.807, 2.05) is 6.92 Å². The zero-order chi connectivity index (χ0) is 10.7. The van der Waals surface area contributed by atoms with Gasteiger partial charge in [-0.05, 0) is 11.0 Å². The molecule has 7 heteroatoms. The first-order chi connectivity index (χ1) is 6.60. The van der Waals surface area contributed by atoms with E-state index < -0.39 is 26.5 Å². The minimum Gasteiger partial charge on any atom is -0.566 e. The van der Waals surface area contributed by atoms with Gasteiger partial charge in [0.25, 0.3) is 0 Å². The first-order valence-electron chi connectivity index (χ1n) is 4.35. The normalized spacial score (nSPS) is 38.6. The van der Waals surface area contributed by atoms with E-state index in [9.17, 15) is 9.46 Å². The highest BCUT2D eigenvalue weighted by Crippen LogP contribution is 2.31. The van der Waals surface area contributed by atoms with Gasteiger partial charge in [-0.3, -0.25) is 0 Å². The Balaban J connectivity index is 2.68. The molecule has 0 bridgehead atoms. The van der Waals surface area contributed by atoms with Crippen LogP contribution in [-0.2, 0) is 18.6 Å². The summed E-state index contributed by atoms with van der Waals surface area (Å²) in [6, 6.07) is -0.634. The molecular formula is C7H12BO5P. The van der Waals surface area contributed by atoms with Crippen LogP contribution in [0.1, 0.15) is 13.3 Å². The molecule has 1 aliphatic rings. The molecule has 1 heterocycles. The van der Waals surface area contributed by atoms with Crippen LogP contribution in [0.4, 0.5) is 0 Å². The third-order valence-electron chi connectivity index (χ3n) is 2.23.